The van der Waals surface area contributed by atoms with Crippen molar-refractivity contribution < 1.29 is 19.4 Å². The number of rotatable bonds is 1. The highest BCUT2D eigenvalue weighted by molar-refractivity contribution is 5.73. The average Bonchev–Trinajstić information content (AvgIpc) is 2.95. The molecule has 0 aromatic heterocycles. The monoisotopic (exact) mass is 255 g/mol. The molecule has 1 atom stereocenters. The Morgan fingerprint density at radius 2 is 1.94 bits per heavy atom. The Bertz CT molecular complexity index is 368. The van der Waals surface area contributed by atoms with Crippen LogP contribution in [0, 0.1) is 5.92 Å². The lowest BCUT2D eigenvalue weighted by atomic mass is 9.89. The number of ether oxygens (including phenoxy) is 1. The van der Waals surface area contributed by atoms with Gasteiger partial charge in [0.2, 0.25) is 0 Å². The highest BCUT2D eigenvalue weighted by atomic mass is 16.6. The molecule has 1 aliphatic carbocycles. The molecule has 0 unspecified atom stereocenters. The number of amides is 1. The van der Waals surface area contributed by atoms with E-state index in [-0.39, 0.29) is 17.6 Å². The lowest BCUT2D eigenvalue weighted by molar-refractivity contribution is -0.144. The number of nitrogens with zero attached hydrogens (tertiary/aromatic N) is 1. The fraction of sp³-hybridized carbons (Fsp3) is 0.846. The number of carbonyl (C=O) groups excluding carboxylic acids is 1. The van der Waals surface area contributed by atoms with Crippen LogP contribution in [0.5, 0.6) is 0 Å². The third kappa shape index (κ3) is 2.60. The van der Waals surface area contributed by atoms with Gasteiger partial charge in [-0.3, -0.25) is 4.79 Å². The van der Waals surface area contributed by atoms with Gasteiger partial charge in [0.05, 0.1) is 5.92 Å². The third-order valence-electron chi connectivity index (χ3n) is 3.69. The second-order valence-corrected chi connectivity index (χ2v) is 6.38. The maximum absolute atomic E-state index is 12.1. The second-order valence-electron chi connectivity index (χ2n) is 6.38. The molecule has 1 spiro atoms. The molecule has 0 aromatic carbocycles. The predicted molar refractivity (Wildman–Crippen MR) is 65.3 cm³/mol. The first kappa shape index (κ1) is 13.2. The molecule has 102 valence electrons. The van der Waals surface area contributed by atoms with Gasteiger partial charge in [-0.2, -0.15) is 0 Å². The van der Waals surface area contributed by atoms with E-state index in [1.807, 2.05) is 20.8 Å². The normalized spacial score (nSPS) is 25.9. The van der Waals surface area contributed by atoms with E-state index in [1.165, 1.54) is 0 Å². The highest BCUT2D eigenvalue weighted by Crippen LogP contribution is 2.50. The van der Waals surface area contributed by atoms with Gasteiger partial charge in [0.1, 0.15) is 5.60 Å². The Morgan fingerprint density at radius 1 is 1.33 bits per heavy atom. The van der Waals surface area contributed by atoms with Crippen LogP contribution in [0.25, 0.3) is 0 Å². The molecule has 2 rings (SSSR count). The largest absolute Gasteiger partial charge is 0.481 e. The zero-order valence-electron chi connectivity index (χ0n) is 11.2. The van der Waals surface area contributed by atoms with Crippen molar-refractivity contribution in [3.8, 4) is 0 Å². The minimum atomic E-state index is -0.745. The first-order valence-electron chi connectivity index (χ1n) is 6.47. The first-order chi connectivity index (χ1) is 8.23. The molecule has 18 heavy (non-hydrogen) atoms. The number of likely N-dealkylation sites (tertiary alicyclic amines) is 1. The molecule has 2 fully saturated rings. The van der Waals surface area contributed by atoms with E-state index < -0.39 is 11.6 Å². The zero-order valence-corrected chi connectivity index (χ0v) is 11.2. The Morgan fingerprint density at radius 3 is 2.39 bits per heavy atom. The van der Waals surface area contributed by atoms with Crippen molar-refractivity contribution in [1.82, 2.24) is 4.90 Å². The number of hydrogen-bond acceptors (Lipinski definition) is 3. The van der Waals surface area contributed by atoms with Gasteiger partial charge in [-0.1, -0.05) is 0 Å². The number of carbonyl (C=O) groups is 2. The van der Waals surface area contributed by atoms with Crippen LogP contribution in [0.15, 0.2) is 0 Å². The van der Waals surface area contributed by atoms with Crippen molar-refractivity contribution in [2.24, 2.45) is 5.92 Å². The van der Waals surface area contributed by atoms with E-state index in [4.69, 9.17) is 9.84 Å². The summed E-state index contributed by atoms with van der Waals surface area (Å²) in [6.07, 6.45) is 2.59. The van der Waals surface area contributed by atoms with Crippen molar-refractivity contribution in [1.29, 1.82) is 0 Å². The molecule has 0 bridgehead atoms. The van der Waals surface area contributed by atoms with Gasteiger partial charge in [-0.15, -0.1) is 0 Å². The van der Waals surface area contributed by atoms with Crippen LogP contribution >= 0.6 is 0 Å². The molecular formula is C13H21NO4. The van der Waals surface area contributed by atoms with Gasteiger partial charge in [0, 0.05) is 12.1 Å². The molecule has 5 heteroatoms. The maximum atomic E-state index is 12.1. The van der Waals surface area contributed by atoms with Crippen LogP contribution in [0.3, 0.4) is 0 Å². The van der Waals surface area contributed by atoms with E-state index in [2.05, 4.69) is 0 Å². The van der Waals surface area contributed by atoms with Crippen LogP contribution in [-0.2, 0) is 9.53 Å². The van der Waals surface area contributed by atoms with E-state index >= 15 is 0 Å². The minimum absolute atomic E-state index is 0.232. The van der Waals surface area contributed by atoms with Crippen molar-refractivity contribution in [3.05, 3.63) is 0 Å². The first-order valence-corrected chi connectivity index (χ1v) is 6.47. The Kier molecular flexibility index (Phi) is 3.03. The SMILES string of the molecule is CC(C)(C)OC(=O)N1CC[C@H](C(=O)O)CC12CC2. The summed E-state index contributed by atoms with van der Waals surface area (Å²) in [6, 6.07) is 0. The molecule has 5 nitrogen and oxygen atoms in total. The Labute approximate surface area is 107 Å². The number of hydrogen-bond donors (Lipinski definition) is 1. The maximum Gasteiger partial charge on any atom is 0.410 e. The van der Waals surface area contributed by atoms with Gasteiger partial charge in [0.25, 0.3) is 0 Å². The highest BCUT2D eigenvalue weighted by Gasteiger charge is 2.55. The molecule has 2 aliphatic rings. The summed E-state index contributed by atoms with van der Waals surface area (Å²) in [6.45, 7) is 6.02. The van der Waals surface area contributed by atoms with Crippen molar-refractivity contribution in [2.75, 3.05) is 6.54 Å². The molecule has 1 saturated carbocycles. The van der Waals surface area contributed by atoms with Gasteiger partial charge < -0.3 is 14.7 Å². The quantitative estimate of drug-likeness (QED) is 0.780. The summed E-state index contributed by atoms with van der Waals surface area (Å²) in [4.78, 5) is 24.9. The minimum Gasteiger partial charge on any atom is -0.481 e. The lowest BCUT2D eigenvalue weighted by Crippen LogP contribution is -2.50. The van der Waals surface area contributed by atoms with E-state index in [0.717, 1.165) is 12.8 Å². The predicted octanol–water partition coefficient (Wildman–Crippen LogP) is 2.25. The molecular weight excluding hydrogens is 234 g/mol. The summed E-state index contributed by atoms with van der Waals surface area (Å²) in [5.74, 6) is -1.06. The van der Waals surface area contributed by atoms with Crippen LogP contribution in [0.4, 0.5) is 4.79 Å². The van der Waals surface area contributed by atoms with Gasteiger partial charge in [-0.25, -0.2) is 4.79 Å². The second kappa shape index (κ2) is 4.14. The zero-order chi connectivity index (χ0) is 13.6. The molecule has 0 radical (unpaired) electrons. The standard InChI is InChI=1S/C13H21NO4/c1-12(2,3)18-11(17)14-7-4-9(10(15)16)8-13(14)5-6-13/h9H,4-8H2,1-3H3,(H,15,16)/t9-/m0/s1. The van der Waals surface area contributed by atoms with E-state index in [9.17, 15) is 9.59 Å². The summed E-state index contributed by atoms with van der Waals surface area (Å²) in [5, 5.41) is 9.07. The van der Waals surface area contributed by atoms with Crippen LogP contribution in [0.2, 0.25) is 0 Å². The average molecular weight is 255 g/mol. The van der Waals surface area contributed by atoms with Crippen LogP contribution < -0.4 is 0 Å². The topological polar surface area (TPSA) is 66.8 Å². The summed E-state index contributed by atoms with van der Waals surface area (Å²) in [7, 11) is 0. The molecule has 1 aliphatic heterocycles. The van der Waals surface area contributed by atoms with Crippen LogP contribution in [-0.4, -0.2) is 39.8 Å². The molecule has 0 aromatic rings. The van der Waals surface area contributed by atoms with Crippen molar-refractivity contribution in [3.63, 3.8) is 0 Å². The Balaban J connectivity index is 2.03. The smallest absolute Gasteiger partial charge is 0.410 e. The Hall–Kier alpha value is -1.26. The van der Waals surface area contributed by atoms with Crippen LogP contribution in [0.1, 0.15) is 46.5 Å². The number of aliphatic carboxylic acids is 1. The summed E-state index contributed by atoms with van der Waals surface area (Å²) >= 11 is 0. The third-order valence-corrected chi connectivity index (χ3v) is 3.69. The molecule has 1 N–H and O–H groups in total. The van der Waals surface area contributed by atoms with E-state index in [0.29, 0.717) is 19.4 Å². The van der Waals surface area contributed by atoms with Gasteiger partial charge >= 0.3 is 12.1 Å². The number of carboxylic acids is 1. The molecule has 1 amide bonds. The summed E-state index contributed by atoms with van der Waals surface area (Å²) < 4.78 is 5.39. The van der Waals surface area contributed by atoms with E-state index in [1.54, 1.807) is 4.90 Å². The molecule has 1 saturated heterocycles. The summed E-state index contributed by atoms with van der Waals surface area (Å²) in [5.41, 5.74) is -0.736. The fourth-order valence-electron chi connectivity index (χ4n) is 2.62. The van der Waals surface area contributed by atoms with Gasteiger partial charge in [0.15, 0.2) is 0 Å². The molecule has 1 heterocycles. The number of carboxylic acid groups (broad SMARTS) is 1. The lowest BCUT2D eigenvalue weighted by Gasteiger charge is -2.39. The number of piperidine rings is 1. The van der Waals surface area contributed by atoms with Crippen molar-refractivity contribution in [2.45, 2.75) is 57.6 Å². The fourth-order valence-corrected chi connectivity index (χ4v) is 2.62. The van der Waals surface area contributed by atoms with Crippen molar-refractivity contribution >= 4 is 12.1 Å². The van der Waals surface area contributed by atoms with Gasteiger partial charge in [-0.05, 0) is 46.5 Å².